The van der Waals surface area contributed by atoms with Gasteiger partial charge in [-0.3, -0.25) is 0 Å². The maximum atomic E-state index is 14.1. The molecular weight excluding hydrogens is 250 g/mol. The van der Waals surface area contributed by atoms with Gasteiger partial charge in [-0.05, 0) is 19.3 Å². The lowest BCUT2D eigenvalue weighted by Gasteiger charge is -2.36. The number of halogens is 6. The molecule has 0 aliphatic heterocycles. The summed E-state index contributed by atoms with van der Waals surface area (Å²) in [5.41, 5.74) is -7.59. The molecule has 0 amide bonds. The van der Waals surface area contributed by atoms with Gasteiger partial charge >= 0.3 is 12.1 Å². The highest BCUT2D eigenvalue weighted by Crippen LogP contribution is 2.62. The van der Waals surface area contributed by atoms with Crippen LogP contribution < -0.4 is 0 Å². The molecule has 3 unspecified atom stereocenters. The minimum Gasteiger partial charge on any atom is -0.376 e. The molecule has 7 heteroatoms. The van der Waals surface area contributed by atoms with Crippen molar-refractivity contribution < 1.29 is 31.4 Å². The van der Waals surface area contributed by atoms with Gasteiger partial charge in [0.1, 0.15) is 0 Å². The van der Waals surface area contributed by atoms with Crippen molar-refractivity contribution in [1.82, 2.24) is 0 Å². The van der Waals surface area contributed by atoms with Gasteiger partial charge in [0.25, 0.3) is 0 Å². The maximum Gasteiger partial charge on any atom is 0.423 e. The van der Waals surface area contributed by atoms with Crippen LogP contribution >= 0.6 is 0 Å². The van der Waals surface area contributed by atoms with Crippen LogP contribution in [0, 0.1) is 5.92 Å². The van der Waals surface area contributed by atoms with E-state index >= 15 is 0 Å². The van der Waals surface area contributed by atoms with Gasteiger partial charge in [0.2, 0.25) is 5.60 Å². The van der Waals surface area contributed by atoms with Gasteiger partial charge in [-0.2, -0.15) is 22.0 Å². The molecule has 1 nitrogen and oxygen atoms in total. The van der Waals surface area contributed by atoms with E-state index in [2.05, 4.69) is 0 Å². The van der Waals surface area contributed by atoms with E-state index in [1.54, 1.807) is 0 Å². The molecule has 3 atom stereocenters. The Morgan fingerprint density at radius 3 is 1.88 bits per heavy atom. The maximum absolute atomic E-state index is 14.1. The quantitative estimate of drug-likeness (QED) is 0.757. The summed E-state index contributed by atoms with van der Waals surface area (Å²) in [6.07, 6.45) is -7.80. The topological polar surface area (TPSA) is 20.2 Å². The largest absolute Gasteiger partial charge is 0.423 e. The lowest BCUT2D eigenvalue weighted by molar-refractivity contribution is -0.337. The summed E-state index contributed by atoms with van der Waals surface area (Å²) in [6.45, 7) is 2.38. The van der Waals surface area contributed by atoms with Gasteiger partial charge in [0.05, 0.1) is 0 Å². The van der Waals surface area contributed by atoms with E-state index in [-0.39, 0.29) is 6.42 Å². The molecule has 0 spiro atoms. The van der Waals surface area contributed by atoms with E-state index in [1.165, 1.54) is 6.92 Å². The van der Waals surface area contributed by atoms with Crippen molar-refractivity contribution in [3.05, 3.63) is 0 Å². The van der Waals surface area contributed by atoms with E-state index in [0.717, 1.165) is 6.92 Å². The molecule has 0 aromatic heterocycles. The average molecular weight is 264 g/mol. The van der Waals surface area contributed by atoms with Crippen LogP contribution in [0.3, 0.4) is 0 Å². The Labute approximate surface area is 94.8 Å². The minimum atomic E-state index is -5.55. The molecule has 1 N–H and O–H groups in total. The molecule has 0 radical (unpaired) electrons. The van der Waals surface area contributed by atoms with Crippen molar-refractivity contribution in [2.45, 2.75) is 56.5 Å². The van der Waals surface area contributed by atoms with Crippen LogP contribution in [-0.4, -0.2) is 28.5 Å². The van der Waals surface area contributed by atoms with Crippen LogP contribution in [-0.2, 0) is 0 Å². The van der Waals surface area contributed by atoms with Crippen molar-refractivity contribution >= 4 is 0 Å². The van der Waals surface area contributed by atoms with Crippen molar-refractivity contribution in [2.24, 2.45) is 5.92 Å². The normalized spacial score (nSPS) is 41.8. The highest BCUT2D eigenvalue weighted by Gasteiger charge is 2.82. The fraction of sp³-hybridized carbons (Fsp3) is 1.00. The molecule has 1 aliphatic rings. The molecule has 1 rings (SSSR count). The van der Waals surface area contributed by atoms with E-state index in [0.29, 0.717) is 0 Å². The van der Waals surface area contributed by atoms with Gasteiger partial charge in [0.15, 0.2) is 5.67 Å². The zero-order valence-electron chi connectivity index (χ0n) is 9.41. The first-order valence-corrected chi connectivity index (χ1v) is 5.33. The number of rotatable bonds is 2. The average Bonchev–Trinajstić information content (AvgIpc) is 2.36. The number of hydrogen-bond donors (Lipinski definition) is 1. The summed E-state index contributed by atoms with van der Waals surface area (Å²) < 4.78 is 79.0. The molecule has 1 saturated carbocycles. The summed E-state index contributed by atoms with van der Waals surface area (Å²) in [7, 11) is 0. The van der Waals surface area contributed by atoms with E-state index in [9.17, 15) is 31.4 Å². The molecule has 0 aromatic rings. The van der Waals surface area contributed by atoms with Crippen molar-refractivity contribution in [1.29, 1.82) is 0 Å². The van der Waals surface area contributed by atoms with Crippen molar-refractivity contribution in [3.63, 3.8) is 0 Å². The van der Waals surface area contributed by atoms with E-state index in [1.807, 2.05) is 0 Å². The second-order valence-electron chi connectivity index (χ2n) is 4.46. The van der Waals surface area contributed by atoms with Crippen LogP contribution in [0.1, 0.15) is 33.1 Å². The van der Waals surface area contributed by atoms with Crippen molar-refractivity contribution in [2.75, 3.05) is 0 Å². The fourth-order valence-electron chi connectivity index (χ4n) is 2.52. The second-order valence-corrected chi connectivity index (χ2v) is 4.46. The van der Waals surface area contributed by atoms with Crippen molar-refractivity contribution in [3.8, 4) is 0 Å². The molecule has 0 saturated heterocycles. The van der Waals surface area contributed by atoms with Gasteiger partial charge in [-0.25, -0.2) is 4.39 Å². The Bertz CT molecular complexity index is 302. The zero-order chi connectivity index (χ0) is 13.7. The Kier molecular flexibility index (Phi) is 3.23. The first kappa shape index (κ1) is 14.6. The predicted octanol–water partition coefficient (Wildman–Crippen LogP) is 3.46. The smallest absolute Gasteiger partial charge is 0.376 e. The summed E-state index contributed by atoms with van der Waals surface area (Å²) in [4.78, 5) is 0. The summed E-state index contributed by atoms with van der Waals surface area (Å²) in [5.74, 6) is -6.33. The summed E-state index contributed by atoms with van der Waals surface area (Å²) >= 11 is 0. The first-order valence-electron chi connectivity index (χ1n) is 5.33. The Hall–Kier alpha value is -0.460. The van der Waals surface area contributed by atoms with Crippen LogP contribution in [0.4, 0.5) is 26.3 Å². The highest BCUT2D eigenvalue weighted by atomic mass is 19.4. The summed E-state index contributed by atoms with van der Waals surface area (Å²) in [6, 6.07) is 0. The van der Waals surface area contributed by atoms with Crippen LogP contribution in [0.25, 0.3) is 0 Å². The van der Waals surface area contributed by atoms with Crippen LogP contribution in [0.2, 0.25) is 0 Å². The number of aliphatic hydroxyl groups is 1. The Morgan fingerprint density at radius 2 is 1.65 bits per heavy atom. The van der Waals surface area contributed by atoms with Crippen LogP contribution in [0.5, 0.6) is 0 Å². The zero-order valence-corrected chi connectivity index (χ0v) is 9.41. The molecule has 0 bridgehead atoms. The third kappa shape index (κ3) is 1.57. The lowest BCUT2D eigenvalue weighted by atomic mass is 9.86. The van der Waals surface area contributed by atoms with Gasteiger partial charge in [-0.15, -0.1) is 0 Å². The lowest BCUT2D eigenvalue weighted by Crippen LogP contribution is -2.61. The molecule has 1 fully saturated rings. The predicted molar refractivity (Wildman–Crippen MR) is 48.5 cm³/mol. The third-order valence-electron chi connectivity index (χ3n) is 3.71. The number of hydrogen-bond acceptors (Lipinski definition) is 1. The standard InChI is InChI=1S/C10H14F6O/c1-3-6-5-8(17,10(14,15)16)9(12,13)7(6,11)4-2/h6,17H,3-5H2,1-2H3. The molecule has 1 aliphatic carbocycles. The molecule has 0 heterocycles. The molecule has 102 valence electrons. The highest BCUT2D eigenvalue weighted by molar-refractivity contribution is 5.18. The monoisotopic (exact) mass is 264 g/mol. The number of alkyl halides is 6. The van der Waals surface area contributed by atoms with E-state index < -0.39 is 42.1 Å². The minimum absolute atomic E-state index is 0.182. The first-order chi connectivity index (χ1) is 7.48. The fourth-order valence-corrected chi connectivity index (χ4v) is 2.52. The van der Waals surface area contributed by atoms with Crippen LogP contribution in [0.15, 0.2) is 0 Å². The van der Waals surface area contributed by atoms with E-state index in [4.69, 9.17) is 0 Å². The molecule has 0 aromatic carbocycles. The molecule has 17 heavy (non-hydrogen) atoms. The Balaban J connectivity index is 3.33. The third-order valence-corrected chi connectivity index (χ3v) is 3.71. The SMILES string of the molecule is CCC1CC(O)(C(F)(F)F)C(F)(F)C1(F)CC. The van der Waals surface area contributed by atoms with Gasteiger partial charge in [-0.1, -0.05) is 13.8 Å². The summed E-state index contributed by atoms with van der Waals surface area (Å²) in [5, 5.41) is 9.21. The molecular formula is C10H14F6O. The Morgan fingerprint density at radius 1 is 1.18 bits per heavy atom. The van der Waals surface area contributed by atoms with Gasteiger partial charge < -0.3 is 5.11 Å². The second kappa shape index (κ2) is 3.76. The van der Waals surface area contributed by atoms with Gasteiger partial charge in [0, 0.05) is 5.92 Å².